The molecule has 40 heavy (non-hydrogen) atoms. The van der Waals surface area contributed by atoms with Gasteiger partial charge in [0.1, 0.15) is 18.0 Å². The van der Waals surface area contributed by atoms with Gasteiger partial charge in [-0.3, -0.25) is 9.10 Å². The first-order valence-corrected chi connectivity index (χ1v) is 15.7. The van der Waals surface area contributed by atoms with E-state index in [1.165, 1.54) is 67.1 Å². The van der Waals surface area contributed by atoms with Gasteiger partial charge in [0, 0.05) is 13.1 Å². The van der Waals surface area contributed by atoms with Crippen molar-refractivity contribution in [1.82, 2.24) is 4.31 Å². The second kappa shape index (κ2) is 12.5. The normalized spacial score (nSPS) is 14.4. The number of hydrogen-bond donors (Lipinski definition) is 1. The molecule has 0 atom stereocenters. The lowest BCUT2D eigenvalue weighted by Gasteiger charge is -2.26. The van der Waals surface area contributed by atoms with Crippen LogP contribution in [0.4, 0.5) is 11.4 Å². The van der Waals surface area contributed by atoms with Crippen molar-refractivity contribution in [3.05, 3.63) is 71.8 Å². The Bertz CT molecular complexity index is 1580. The van der Waals surface area contributed by atoms with E-state index in [0.717, 1.165) is 23.6 Å². The van der Waals surface area contributed by atoms with Gasteiger partial charge >= 0.3 is 0 Å². The number of rotatable bonds is 10. The fraction of sp³-hybridized carbons (Fsp3) is 0.296. The smallest absolute Gasteiger partial charge is 0.264 e. The van der Waals surface area contributed by atoms with E-state index in [0.29, 0.717) is 18.8 Å². The maximum atomic E-state index is 13.6. The Morgan fingerprint density at radius 2 is 1.52 bits per heavy atom. The third-order valence-corrected chi connectivity index (χ3v) is 10.4. The molecule has 214 valence electrons. The average Bonchev–Trinajstić information content (AvgIpc) is 2.96. The Morgan fingerprint density at radius 3 is 2.15 bits per heavy atom. The van der Waals surface area contributed by atoms with Gasteiger partial charge in [-0.1, -0.05) is 36.2 Å². The Hall–Kier alpha value is -3.32. The molecule has 13 heteroatoms. The number of piperidine rings is 1. The summed E-state index contributed by atoms with van der Waals surface area (Å²) in [5, 5.41) is 2.79. The maximum absolute atomic E-state index is 13.6. The quantitative estimate of drug-likeness (QED) is 0.363. The highest BCUT2D eigenvalue weighted by molar-refractivity contribution is 7.92. The maximum Gasteiger partial charge on any atom is 0.264 e. The van der Waals surface area contributed by atoms with E-state index in [2.05, 4.69) is 5.32 Å². The molecule has 0 bridgehead atoms. The molecule has 1 amide bonds. The number of benzene rings is 3. The topological polar surface area (TPSA) is 122 Å². The lowest BCUT2D eigenvalue weighted by atomic mass is 10.2. The number of sulfonamides is 2. The van der Waals surface area contributed by atoms with Crippen molar-refractivity contribution in [3.63, 3.8) is 0 Å². The highest BCUT2D eigenvalue weighted by Crippen LogP contribution is 2.33. The van der Waals surface area contributed by atoms with Crippen molar-refractivity contribution < 1.29 is 31.1 Å². The molecule has 0 unspecified atom stereocenters. The summed E-state index contributed by atoms with van der Waals surface area (Å²) in [7, 11) is -5.17. The molecule has 0 saturated carbocycles. The van der Waals surface area contributed by atoms with Crippen LogP contribution in [0.25, 0.3) is 0 Å². The lowest BCUT2D eigenvalue weighted by molar-refractivity contribution is -0.114. The van der Waals surface area contributed by atoms with Crippen LogP contribution >= 0.6 is 11.6 Å². The number of carbonyl (C=O) groups is 1. The molecule has 1 N–H and O–H groups in total. The van der Waals surface area contributed by atoms with Crippen LogP contribution in [-0.4, -0.2) is 60.9 Å². The molecule has 3 aromatic carbocycles. The van der Waals surface area contributed by atoms with E-state index in [-0.39, 0.29) is 31.9 Å². The zero-order chi connectivity index (χ0) is 28.9. The minimum absolute atomic E-state index is 0.00111. The second-order valence-corrected chi connectivity index (χ2v) is 13.2. The van der Waals surface area contributed by atoms with Crippen LogP contribution in [-0.2, 0) is 24.8 Å². The van der Waals surface area contributed by atoms with E-state index < -0.39 is 32.5 Å². The Morgan fingerprint density at radius 1 is 0.875 bits per heavy atom. The van der Waals surface area contributed by atoms with Crippen LogP contribution in [0.1, 0.15) is 19.3 Å². The van der Waals surface area contributed by atoms with E-state index in [4.69, 9.17) is 21.1 Å². The predicted molar refractivity (Wildman–Crippen MR) is 153 cm³/mol. The summed E-state index contributed by atoms with van der Waals surface area (Å²) < 4.78 is 66.6. The van der Waals surface area contributed by atoms with E-state index >= 15 is 0 Å². The highest BCUT2D eigenvalue weighted by atomic mass is 35.5. The van der Waals surface area contributed by atoms with Crippen molar-refractivity contribution in [3.8, 4) is 11.5 Å². The molecule has 0 aliphatic carbocycles. The summed E-state index contributed by atoms with van der Waals surface area (Å²) >= 11 is 6.28. The number of halogens is 1. The van der Waals surface area contributed by atoms with Gasteiger partial charge in [-0.2, -0.15) is 4.31 Å². The van der Waals surface area contributed by atoms with Crippen LogP contribution in [0.2, 0.25) is 5.02 Å². The van der Waals surface area contributed by atoms with E-state index in [9.17, 15) is 21.6 Å². The molecule has 1 aliphatic heterocycles. The van der Waals surface area contributed by atoms with Gasteiger partial charge < -0.3 is 14.8 Å². The largest absolute Gasteiger partial charge is 0.495 e. The van der Waals surface area contributed by atoms with Gasteiger partial charge in [-0.05, 0) is 61.4 Å². The first-order valence-electron chi connectivity index (χ1n) is 12.5. The van der Waals surface area contributed by atoms with Crippen molar-refractivity contribution >= 4 is 48.9 Å². The van der Waals surface area contributed by atoms with Gasteiger partial charge in [-0.15, -0.1) is 0 Å². The minimum atomic E-state index is -4.20. The number of anilines is 2. The number of nitrogens with zero attached hydrogens (tertiary/aromatic N) is 2. The van der Waals surface area contributed by atoms with Gasteiger partial charge in [0.2, 0.25) is 15.9 Å². The van der Waals surface area contributed by atoms with Crippen molar-refractivity contribution in [2.75, 3.05) is 43.5 Å². The number of methoxy groups -OCH3 is 2. The van der Waals surface area contributed by atoms with Crippen LogP contribution in [0.15, 0.2) is 76.5 Å². The summed E-state index contributed by atoms with van der Waals surface area (Å²) in [4.78, 5) is 13.3. The summed E-state index contributed by atoms with van der Waals surface area (Å²) in [5.41, 5.74) is 0.230. The van der Waals surface area contributed by atoms with Crippen LogP contribution < -0.4 is 19.1 Å². The summed E-state index contributed by atoms with van der Waals surface area (Å²) in [6.07, 6.45) is 2.53. The Kier molecular flexibility index (Phi) is 9.24. The van der Waals surface area contributed by atoms with Crippen molar-refractivity contribution in [1.29, 1.82) is 0 Å². The molecule has 1 heterocycles. The molecule has 1 aliphatic rings. The summed E-state index contributed by atoms with van der Waals surface area (Å²) in [5.74, 6) is -0.170. The molecule has 3 aromatic rings. The van der Waals surface area contributed by atoms with Gasteiger partial charge in [0.15, 0.2) is 0 Å². The summed E-state index contributed by atoms with van der Waals surface area (Å²) in [6.45, 7) is 0.214. The Balaban J connectivity index is 1.67. The number of hydrogen-bond acceptors (Lipinski definition) is 7. The number of carbonyl (C=O) groups excluding carboxylic acids is 1. The molecule has 10 nitrogen and oxygen atoms in total. The standard InChI is InChI=1S/C27H30ClN3O7S2/c1-37-25-13-11-20(17-23(25)28)31(40(35,36)21-9-5-3-6-10-21)19-27(32)29-24-18-22(12-14-26(24)38-2)39(33,34)30-15-7-4-8-16-30/h3,5-6,9-14,17-18H,4,7-8,15-16,19H2,1-2H3,(H,29,32). The van der Waals surface area contributed by atoms with Gasteiger partial charge in [0.25, 0.3) is 10.0 Å². The summed E-state index contributed by atoms with van der Waals surface area (Å²) in [6, 6.07) is 16.2. The first kappa shape index (κ1) is 29.7. The van der Waals surface area contributed by atoms with Crippen molar-refractivity contribution in [2.45, 2.75) is 29.1 Å². The fourth-order valence-electron chi connectivity index (χ4n) is 4.36. The van der Waals surface area contributed by atoms with Gasteiger partial charge in [0.05, 0.1) is 40.4 Å². The van der Waals surface area contributed by atoms with Crippen molar-refractivity contribution in [2.24, 2.45) is 0 Å². The van der Waals surface area contributed by atoms with Gasteiger partial charge in [-0.25, -0.2) is 16.8 Å². The highest BCUT2D eigenvalue weighted by Gasteiger charge is 2.30. The Labute approximate surface area is 239 Å². The molecule has 0 radical (unpaired) electrons. The van der Waals surface area contributed by atoms with E-state index in [1.54, 1.807) is 18.2 Å². The molecule has 4 rings (SSSR count). The molecular weight excluding hydrogens is 578 g/mol. The molecule has 1 saturated heterocycles. The third-order valence-electron chi connectivity index (χ3n) is 6.44. The average molecular weight is 608 g/mol. The molecule has 1 fully saturated rings. The monoisotopic (exact) mass is 607 g/mol. The first-order chi connectivity index (χ1) is 19.1. The number of nitrogens with one attached hydrogen (secondary N) is 1. The molecule has 0 spiro atoms. The lowest BCUT2D eigenvalue weighted by Crippen LogP contribution is -2.38. The fourth-order valence-corrected chi connectivity index (χ4v) is 7.59. The zero-order valence-electron chi connectivity index (χ0n) is 22.0. The molecular formula is C27H30ClN3O7S2. The minimum Gasteiger partial charge on any atom is -0.495 e. The zero-order valence-corrected chi connectivity index (χ0v) is 24.4. The van der Waals surface area contributed by atoms with E-state index in [1.807, 2.05) is 0 Å². The second-order valence-electron chi connectivity index (χ2n) is 9.02. The van der Waals surface area contributed by atoms with Crippen LogP contribution in [0.3, 0.4) is 0 Å². The molecule has 0 aromatic heterocycles. The predicted octanol–water partition coefficient (Wildman–Crippen LogP) is 4.37. The SMILES string of the molecule is COc1ccc(N(CC(=O)Nc2cc(S(=O)(=O)N3CCCCC3)ccc2OC)S(=O)(=O)c2ccccc2)cc1Cl. The third kappa shape index (κ3) is 6.35. The number of ether oxygens (including phenoxy) is 2. The number of amides is 1. The van der Waals surface area contributed by atoms with Crippen LogP contribution in [0, 0.1) is 0 Å². The van der Waals surface area contributed by atoms with Crippen LogP contribution in [0.5, 0.6) is 11.5 Å².